The van der Waals surface area contributed by atoms with Crippen molar-refractivity contribution in [2.24, 2.45) is 7.05 Å². The maximum absolute atomic E-state index is 11.8. The number of benzene rings is 2. The average molecular weight is 462 g/mol. The molecule has 5 rings (SSSR count). The van der Waals surface area contributed by atoms with Crippen molar-refractivity contribution in [2.45, 2.75) is 24.7 Å². The molecule has 1 N–H and O–H groups in total. The normalized spacial score (nSPS) is 18.1. The summed E-state index contributed by atoms with van der Waals surface area (Å²) >= 11 is 0. The molecule has 0 amide bonds. The van der Waals surface area contributed by atoms with Gasteiger partial charge in [-0.05, 0) is 54.7 Å². The Kier molecular flexibility index (Phi) is 4.79. The molecule has 0 saturated heterocycles. The van der Waals surface area contributed by atoms with Gasteiger partial charge in [-0.3, -0.25) is 4.72 Å². The molecule has 0 bridgehead atoms. The summed E-state index contributed by atoms with van der Waals surface area (Å²) in [5, 5.41) is 12.2. The van der Waals surface area contributed by atoms with E-state index in [4.69, 9.17) is 4.74 Å². The predicted molar refractivity (Wildman–Crippen MR) is 127 cm³/mol. The maximum atomic E-state index is 11.8. The molecule has 8 nitrogen and oxygen atoms in total. The van der Waals surface area contributed by atoms with Crippen LogP contribution in [-0.4, -0.2) is 36.3 Å². The first-order valence-corrected chi connectivity index (χ1v) is 12.4. The van der Waals surface area contributed by atoms with E-state index < -0.39 is 15.4 Å². The highest BCUT2D eigenvalue weighted by Gasteiger charge is 2.39. The summed E-state index contributed by atoms with van der Waals surface area (Å²) in [4.78, 5) is 8.56. The van der Waals surface area contributed by atoms with E-state index in [2.05, 4.69) is 20.8 Å². The zero-order valence-corrected chi connectivity index (χ0v) is 19.4. The van der Waals surface area contributed by atoms with Gasteiger partial charge in [0.1, 0.15) is 12.1 Å². The molecule has 4 aromatic rings. The molecule has 0 saturated carbocycles. The van der Waals surface area contributed by atoms with Gasteiger partial charge in [0.05, 0.1) is 30.4 Å². The molecule has 0 radical (unpaired) electrons. The number of rotatable bonds is 4. The van der Waals surface area contributed by atoms with Crippen LogP contribution < -0.4 is 9.46 Å². The van der Waals surface area contributed by atoms with Gasteiger partial charge in [0.2, 0.25) is 10.0 Å². The van der Waals surface area contributed by atoms with Gasteiger partial charge in [-0.15, -0.1) is 0 Å². The summed E-state index contributed by atoms with van der Waals surface area (Å²) < 4.78 is 34.0. The predicted octanol–water partition coefficient (Wildman–Crippen LogP) is 3.45. The third-order valence-corrected chi connectivity index (χ3v) is 7.12. The van der Waals surface area contributed by atoms with Gasteiger partial charge in [-0.25, -0.2) is 18.4 Å². The highest BCUT2D eigenvalue weighted by atomic mass is 32.2. The number of fused-ring (bicyclic) bond motifs is 4. The zero-order chi connectivity index (χ0) is 23.4. The Morgan fingerprint density at radius 2 is 2.09 bits per heavy atom. The van der Waals surface area contributed by atoms with Crippen LogP contribution in [0.1, 0.15) is 23.2 Å². The number of aromatic nitrogens is 3. The standard InChI is InChI=1S/C24H23N5O3S/c1-29-20-6-4-16(28-33(3,30)31)10-17(20)22-18(5-7-21(32-2)23(22)29)24(13-25)9-8-19-15(11-24)12-26-14-27-19/h4-7,10,12,14,28H,8-9,11H2,1-3H3. The molecule has 2 aromatic carbocycles. The lowest BCUT2D eigenvalue weighted by molar-refractivity contribution is 0.417. The molecule has 1 unspecified atom stereocenters. The lowest BCUT2D eigenvalue weighted by Gasteiger charge is -2.32. The molecule has 2 aromatic heterocycles. The largest absolute Gasteiger partial charge is 0.495 e. The van der Waals surface area contributed by atoms with Crippen LogP contribution in [0.5, 0.6) is 5.75 Å². The molecule has 0 fully saturated rings. The van der Waals surface area contributed by atoms with Crippen molar-refractivity contribution in [1.29, 1.82) is 5.26 Å². The highest BCUT2D eigenvalue weighted by molar-refractivity contribution is 7.92. The minimum atomic E-state index is -3.43. The number of nitriles is 1. The van der Waals surface area contributed by atoms with Crippen LogP contribution in [0.15, 0.2) is 42.9 Å². The van der Waals surface area contributed by atoms with Crippen LogP contribution in [0, 0.1) is 11.3 Å². The average Bonchev–Trinajstić information content (AvgIpc) is 3.09. The summed E-state index contributed by atoms with van der Waals surface area (Å²) in [5.41, 5.74) is 4.36. The number of sulfonamides is 1. The van der Waals surface area contributed by atoms with Crippen molar-refractivity contribution in [2.75, 3.05) is 18.1 Å². The number of ether oxygens (including phenoxy) is 1. The molecule has 1 aliphatic carbocycles. The van der Waals surface area contributed by atoms with Gasteiger partial charge in [-0.2, -0.15) is 5.26 Å². The van der Waals surface area contributed by atoms with Crippen molar-refractivity contribution >= 4 is 37.5 Å². The summed E-state index contributed by atoms with van der Waals surface area (Å²) in [7, 11) is 0.137. The van der Waals surface area contributed by atoms with Crippen molar-refractivity contribution in [3.63, 3.8) is 0 Å². The van der Waals surface area contributed by atoms with E-state index in [0.717, 1.165) is 44.9 Å². The Labute approximate surface area is 191 Å². The number of nitrogens with one attached hydrogen (secondary N) is 1. The second-order valence-corrected chi connectivity index (χ2v) is 10.3. The van der Waals surface area contributed by atoms with Gasteiger partial charge >= 0.3 is 0 Å². The molecule has 2 heterocycles. The maximum Gasteiger partial charge on any atom is 0.229 e. The van der Waals surface area contributed by atoms with E-state index >= 15 is 0 Å². The first-order chi connectivity index (χ1) is 15.8. The van der Waals surface area contributed by atoms with E-state index in [1.54, 1.807) is 25.7 Å². The fourth-order valence-corrected chi connectivity index (χ4v) is 5.61. The number of hydrogen-bond donors (Lipinski definition) is 1. The van der Waals surface area contributed by atoms with Gasteiger partial charge in [0.25, 0.3) is 0 Å². The second-order valence-electron chi connectivity index (χ2n) is 8.57. The van der Waals surface area contributed by atoms with Crippen LogP contribution in [0.2, 0.25) is 0 Å². The SMILES string of the molecule is COc1ccc(C2(C#N)CCc3ncncc3C2)c2c3cc(NS(C)(=O)=O)ccc3n(C)c12. The highest BCUT2D eigenvalue weighted by Crippen LogP contribution is 2.46. The Morgan fingerprint density at radius 1 is 1.27 bits per heavy atom. The Balaban J connectivity index is 1.83. The second kappa shape index (κ2) is 7.46. The van der Waals surface area contributed by atoms with Crippen molar-refractivity contribution in [3.8, 4) is 11.8 Å². The Bertz CT molecular complexity index is 1570. The van der Waals surface area contributed by atoms with Gasteiger partial charge < -0.3 is 9.30 Å². The third kappa shape index (κ3) is 3.38. The van der Waals surface area contributed by atoms with Crippen LogP contribution in [0.25, 0.3) is 21.8 Å². The number of anilines is 1. The van der Waals surface area contributed by atoms with E-state index in [1.807, 2.05) is 35.9 Å². The minimum Gasteiger partial charge on any atom is -0.495 e. The summed E-state index contributed by atoms with van der Waals surface area (Å²) in [5.74, 6) is 0.692. The van der Waals surface area contributed by atoms with E-state index in [9.17, 15) is 13.7 Å². The van der Waals surface area contributed by atoms with Crippen molar-refractivity contribution in [3.05, 3.63) is 59.7 Å². The summed E-state index contributed by atoms with van der Waals surface area (Å²) in [6, 6.07) is 11.9. The molecular weight excluding hydrogens is 438 g/mol. The van der Waals surface area contributed by atoms with E-state index in [-0.39, 0.29) is 0 Å². The van der Waals surface area contributed by atoms with Crippen LogP contribution in [0.4, 0.5) is 5.69 Å². The summed E-state index contributed by atoms with van der Waals surface area (Å²) in [6.45, 7) is 0. The molecule has 1 atom stereocenters. The monoisotopic (exact) mass is 461 g/mol. The van der Waals surface area contributed by atoms with Crippen LogP contribution in [0.3, 0.4) is 0 Å². The number of hydrogen-bond acceptors (Lipinski definition) is 6. The Hall–Kier alpha value is -3.64. The smallest absolute Gasteiger partial charge is 0.229 e. The fraction of sp³-hybridized carbons (Fsp3) is 0.292. The summed E-state index contributed by atoms with van der Waals surface area (Å²) in [6.07, 6.45) is 6.30. The lowest BCUT2D eigenvalue weighted by Crippen LogP contribution is -2.32. The van der Waals surface area contributed by atoms with E-state index in [0.29, 0.717) is 30.7 Å². The van der Waals surface area contributed by atoms with E-state index in [1.165, 1.54) is 0 Å². The van der Waals surface area contributed by atoms with Gasteiger partial charge in [0.15, 0.2) is 0 Å². The minimum absolute atomic E-state index is 0.472. The number of aryl methyl sites for hydroxylation is 2. The van der Waals surface area contributed by atoms with Crippen molar-refractivity contribution < 1.29 is 13.2 Å². The molecule has 0 aliphatic heterocycles. The topological polar surface area (TPSA) is 110 Å². The Morgan fingerprint density at radius 3 is 2.82 bits per heavy atom. The molecular formula is C24H23N5O3S. The fourth-order valence-electron chi connectivity index (χ4n) is 5.06. The zero-order valence-electron chi connectivity index (χ0n) is 18.6. The molecule has 33 heavy (non-hydrogen) atoms. The molecule has 0 spiro atoms. The van der Waals surface area contributed by atoms with Gasteiger partial charge in [0, 0.05) is 40.9 Å². The molecule has 1 aliphatic rings. The number of methoxy groups -OCH3 is 1. The third-order valence-electron chi connectivity index (χ3n) is 6.52. The lowest BCUT2D eigenvalue weighted by atomic mass is 9.68. The first-order valence-electron chi connectivity index (χ1n) is 10.5. The van der Waals surface area contributed by atoms with Crippen LogP contribution >= 0.6 is 0 Å². The molecule has 168 valence electrons. The number of nitrogens with zero attached hydrogens (tertiary/aromatic N) is 4. The molecule has 9 heteroatoms. The van der Waals surface area contributed by atoms with Gasteiger partial charge in [-0.1, -0.05) is 6.07 Å². The van der Waals surface area contributed by atoms with Crippen molar-refractivity contribution in [1.82, 2.24) is 14.5 Å². The quantitative estimate of drug-likeness (QED) is 0.498. The van der Waals surface area contributed by atoms with Crippen LogP contribution in [-0.2, 0) is 35.3 Å². The first kappa shape index (κ1) is 21.2.